The van der Waals surface area contributed by atoms with Gasteiger partial charge < -0.3 is 4.90 Å². The Hall–Kier alpha value is -2.47. The molecule has 25 heavy (non-hydrogen) atoms. The van der Waals surface area contributed by atoms with Crippen LogP contribution >= 0.6 is 0 Å². The van der Waals surface area contributed by atoms with Crippen LogP contribution in [-0.2, 0) is 9.84 Å². The van der Waals surface area contributed by atoms with E-state index in [4.69, 9.17) is 0 Å². The molecule has 0 bridgehead atoms. The van der Waals surface area contributed by atoms with E-state index in [1.165, 1.54) is 29.2 Å². The van der Waals surface area contributed by atoms with Gasteiger partial charge in [-0.25, -0.2) is 12.8 Å². The van der Waals surface area contributed by atoms with Crippen LogP contribution in [0.4, 0.5) is 10.1 Å². The zero-order valence-electron chi connectivity index (χ0n) is 13.9. The number of anilines is 1. The second-order valence-corrected chi connectivity index (χ2v) is 8.11. The number of carbonyl (C=O) groups is 1. The third kappa shape index (κ3) is 3.64. The summed E-state index contributed by atoms with van der Waals surface area (Å²) in [5.41, 5.74) is 2.82. The van der Waals surface area contributed by atoms with E-state index in [0.717, 1.165) is 22.6 Å². The van der Waals surface area contributed by atoms with E-state index < -0.39 is 27.6 Å². The van der Waals surface area contributed by atoms with Crippen molar-refractivity contribution in [1.82, 2.24) is 0 Å². The molecule has 130 valence electrons. The first-order valence-corrected chi connectivity index (χ1v) is 9.56. The van der Waals surface area contributed by atoms with E-state index in [-0.39, 0.29) is 11.3 Å². The number of hydrogen-bond acceptors (Lipinski definition) is 3. The summed E-state index contributed by atoms with van der Waals surface area (Å²) in [6.07, 6.45) is 1.50. The van der Waals surface area contributed by atoms with Gasteiger partial charge in [-0.2, -0.15) is 0 Å². The summed E-state index contributed by atoms with van der Waals surface area (Å²) in [6.45, 7) is 3.88. The molecule has 1 heterocycles. The maximum atomic E-state index is 13.5. The van der Waals surface area contributed by atoms with Crippen molar-refractivity contribution in [1.29, 1.82) is 0 Å². The van der Waals surface area contributed by atoms with E-state index in [0.29, 0.717) is 5.69 Å². The molecule has 1 atom stereocenters. The van der Waals surface area contributed by atoms with E-state index in [2.05, 4.69) is 0 Å². The van der Waals surface area contributed by atoms with Gasteiger partial charge in [0, 0.05) is 16.7 Å². The molecule has 1 aliphatic rings. The van der Waals surface area contributed by atoms with Crippen LogP contribution in [0.25, 0.3) is 0 Å². The number of sulfone groups is 1. The molecule has 0 N–H and O–H groups in total. The fraction of sp³-hybridized carbons (Fsp3) is 0.211. The molecule has 0 spiro atoms. The lowest BCUT2D eigenvalue weighted by Gasteiger charge is -2.28. The molecule has 0 aliphatic carbocycles. The van der Waals surface area contributed by atoms with Gasteiger partial charge in [0.25, 0.3) is 5.91 Å². The first-order chi connectivity index (χ1) is 11.8. The van der Waals surface area contributed by atoms with Gasteiger partial charge in [0.05, 0.1) is 11.8 Å². The highest BCUT2D eigenvalue weighted by Gasteiger charge is 2.32. The Morgan fingerprint density at radius 1 is 1.12 bits per heavy atom. The number of halogens is 1. The largest absolute Gasteiger partial charge is 0.300 e. The SMILES string of the molecule is Cc1ccc(N(C(=O)c2cccc(F)c2)C2C=CS(=O)(=O)C2)cc1C. The second kappa shape index (κ2) is 6.44. The first kappa shape index (κ1) is 17.4. The zero-order valence-corrected chi connectivity index (χ0v) is 14.8. The highest BCUT2D eigenvalue weighted by Crippen LogP contribution is 2.27. The standard InChI is InChI=1S/C19H18FNO3S/c1-13-6-7-17(10-14(13)2)21(18-8-9-25(23,24)12-18)19(22)15-4-3-5-16(20)11-15/h3-11,18H,12H2,1-2H3. The number of carbonyl (C=O) groups excluding carboxylic acids is 1. The minimum atomic E-state index is -3.34. The van der Waals surface area contributed by atoms with Gasteiger partial charge >= 0.3 is 0 Å². The molecular formula is C19H18FNO3S. The van der Waals surface area contributed by atoms with Crippen LogP contribution in [0.1, 0.15) is 21.5 Å². The summed E-state index contributed by atoms with van der Waals surface area (Å²) >= 11 is 0. The Morgan fingerprint density at radius 3 is 2.48 bits per heavy atom. The maximum absolute atomic E-state index is 13.5. The number of nitrogens with zero attached hydrogens (tertiary/aromatic N) is 1. The molecular weight excluding hydrogens is 341 g/mol. The zero-order chi connectivity index (χ0) is 18.2. The Morgan fingerprint density at radius 2 is 1.88 bits per heavy atom. The molecule has 6 heteroatoms. The topological polar surface area (TPSA) is 54.5 Å². The lowest BCUT2D eigenvalue weighted by atomic mass is 10.1. The molecule has 0 saturated carbocycles. The minimum Gasteiger partial charge on any atom is -0.300 e. The van der Waals surface area contributed by atoms with E-state index in [1.807, 2.05) is 26.0 Å². The van der Waals surface area contributed by atoms with Crippen LogP contribution in [0.5, 0.6) is 0 Å². The van der Waals surface area contributed by atoms with Crippen LogP contribution in [0.2, 0.25) is 0 Å². The van der Waals surface area contributed by atoms with E-state index in [9.17, 15) is 17.6 Å². The highest BCUT2D eigenvalue weighted by atomic mass is 32.2. The lowest BCUT2D eigenvalue weighted by Crippen LogP contribution is -2.41. The molecule has 0 radical (unpaired) electrons. The Labute approximate surface area is 146 Å². The molecule has 2 aromatic carbocycles. The molecule has 1 unspecified atom stereocenters. The van der Waals surface area contributed by atoms with Gasteiger partial charge in [0.2, 0.25) is 0 Å². The van der Waals surface area contributed by atoms with Crippen molar-refractivity contribution >= 4 is 21.4 Å². The van der Waals surface area contributed by atoms with Gasteiger partial charge in [-0.15, -0.1) is 0 Å². The molecule has 0 aromatic heterocycles. The fourth-order valence-electron chi connectivity index (χ4n) is 2.82. The van der Waals surface area contributed by atoms with Crippen molar-refractivity contribution in [3.05, 3.63) is 76.5 Å². The van der Waals surface area contributed by atoms with Crippen LogP contribution in [0.15, 0.2) is 53.9 Å². The normalized spacial score (nSPS) is 18.3. The third-order valence-electron chi connectivity index (χ3n) is 4.30. The summed E-state index contributed by atoms with van der Waals surface area (Å²) in [4.78, 5) is 14.4. The van der Waals surface area contributed by atoms with E-state index >= 15 is 0 Å². The van der Waals surface area contributed by atoms with Crippen molar-refractivity contribution in [3.8, 4) is 0 Å². The monoisotopic (exact) mass is 359 g/mol. The van der Waals surface area contributed by atoms with Gasteiger partial charge in [-0.05, 0) is 61.4 Å². The average molecular weight is 359 g/mol. The summed E-state index contributed by atoms with van der Waals surface area (Å²) in [5, 5.41) is 1.13. The number of aryl methyl sites for hydroxylation is 2. The van der Waals surface area contributed by atoms with Crippen LogP contribution < -0.4 is 4.90 Å². The minimum absolute atomic E-state index is 0.177. The van der Waals surface area contributed by atoms with E-state index in [1.54, 1.807) is 6.07 Å². The van der Waals surface area contributed by atoms with Crippen LogP contribution in [-0.4, -0.2) is 26.1 Å². The number of hydrogen-bond donors (Lipinski definition) is 0. The number of amides is 1. The van der Waals surface area contributed by atoms with Crippen molar-refractivity contribution in [3.63, 3.8) is 0 Å². The van der Waals surface area contributed by atoms with Crippen LogP contribution in [0, 0.1) is 19.7 Å². The summed E-state index contributed by atoms with van der Waals surface area (Å²) in [5.74, 6) is -1.13. The molecule has 3 rings (SSSR count). The number of rotatable bonds is 3. The average Bonchev–Trinajstić information content (AvgIpc) is 2.90. The molecule has 2 aromatic rings. The van der Waals surface area contributed by atoms with Crippen LogP contribution in [0.3, 0.4) is 0 Å². The lowest BCUT2D eigenvalue weighted by molar-refractivity contribution is 0.0982. The molecule has 1 aliphatic heterocycles. The predicted molar refractivity (Wildman–Crippen MR) is 95.8 cm³/mol. The maximum Gasteiger partial charge on any atom is 0.258 e. The Balaban J connectivity index is 2.07. The summed E-state index contributed by atoms with van der Waals surface area (Å²) < 4.78 is 37.2. The van der Waals surface area contributed by atoms with Gasteiger partial charge in [0.1, 0.15) is 5.82 Å². The molecule has 0 saturated heterocycles. The van der Waals surface area contributed by atoms with Crippen molar-refractivity contribution in [2.75, 3.05) is 10.7 Å². The molecule has 0 fully saturated rings. The number of benzene rings is 2. The van der Waals surface area contributed by atoms with Crippen molar-refractivity contribution in [2.45, 2.75) is 19.9 Å². The predicted octanol–water partition coefficient (Wildman–Crippen LogP) is 3.40. The quantitative estimate of drug-likeness (QED) is 0.844. The van der Waals surface area contributed by atoms with Gasteiger partial charge in [-0.1, -0.05) is 12.1 Å². The molecule has 4 nitrogen and oxygen atoms in total. The molecule has 1 amide bonds. The first-order valence-electron chi connectivity index (χ1n) is 7.84. The summed E-state index contributed by atoms with van der Waals surface area (Å²) in [7, 11) is -3.34. The smallest absolute Gasteiger partial charge is 0.258 e. The fourth-order valence-corrected chi connectivity index (χ4v) is 4.08. The van der Waals surface area contributed by atoms with Gasteiger partial charge in [0.15, 0.2) is 9.84 Å². The second-order valence-electron chi connectivity index (χ2n) is 6.18. The highest BCUT2D eigenvalue weighted by molar-refractivity contribution is 7.94. The van der Waals surface area contributed by atoms with Crippen molar-refractivity contribution in [2.24, 2.45) is 0 Å². The van der Waals surface area contributed by atoms with Crippen molar-refractivity contribution < 1.29 is 17.6 Å². The Bertz CT molecular complexity index is 966. The third-order valence-corrected chi connectivity index (χ3v) is 5.68. The Kier molecular flexibility index (Phi) is 4.47. The van der Waals surface area contributed by atoms with Gasteiger partial charge in [-0.3, -0.25) is 4.79 Å². The summed E-state index contributed by atoms with van der Waals surface area (Å²) in [6, 6.07) is 10.3.